The highest BCUT2D eigenvalue weighted by molar-refractivity contribution is 8.00. The van der Waals surface area contributed by atoms with Crippen molar-refractivity contribution in [3.05, 3.63) is 29.8 Å². The third-order valence-electron chi connectivity index (χ3n) is 3.65. The first-order valence-electron chi connectivity index (χ1n) is 7.19. The molecule has 0 saturated heterocycles. The highest BCUT2D eigenvalue weighted by Gasteiger charge is 2.22. The van der Waals surface area contributed by atoms with Crippen LogP contribution < -0.4 is 10.0 Å². The van der Waals surface area contributed by atoms with Crippen LogP contribution in [0.1, 0.15) is 32.3 Å². The molecule has 4 nitrogen and oxygen atoms in total. The summed E-state index contributed by atoms with van der Waals surface area (Å²) in [6, 6.07) is 7.77. The Bertz CT molecular complexity index is 564. The Hall–Kier alpha value is -0.560. The van der Waals surface area contributed by atoms with Crippen molar-refractivity contribution in [2.24, 2.45) is 0 Å². The lowest BCUT2D eigenvalue weighted by atomic mass is 10.2. The molecule has 0 amide bonds. The van der Waals surface area contributed by atoms with Crippen LogP contribution in [0.15, 0.2) is 29.2 Å². The Labute approximate surface area is 132 Å². The molecule has 0 spiro atoms. The van der Waals surface area contributed by atoms with E-state index < -0.39 is 10.0 Å². The van der Waals surface area contributed by atoms with Crippen LogP contribution in [-0.4, -0.2) is 32.0 Å². The minimum atomic E-state index is -3.42. The second-order valence-corrected chi connectivity index (χ2v) is 9.37. The summed E-state index contributed by atoms with van der Waals surface area (Å²) in [6.45, 7) is 5.26. The highest BCUT2D eigenvalue weighted by atomic mass is 32.2. The second-order valence-electron chi connectivity index (χ2n) is 6.09. The van der Waals surface area contributed by atoms with E-state index in [1.54, 1.807) is 23.9 Å². The molecule has 1 aliphatic carbocycles. The van der Waals surface area contributed by atoms with Crippen molar-refractivity contribution in [2.75, 3.05) is 12.8 Å². The summed E-state index contributed by atoms with van der Waals surface area (Å²) in [5.74, 6) is 0. The Morgan fingerprint density at radius 2 is 1.86 bits per heavy atom. The van der Waals surface area contributed by atoms with Crippen LogP contribution in [0.3, 0.4) is 0 Å². The minimum Gasteiger partial charge on any atom is -0.310 e. The molecule has 1 aromatic rings. The van der Waals surface area contributed by atoms with Crippen molar-refractivity contribution in [3.63, 3.8) is 0 Å². The average Bonchev–Trinajstić information content (AvgIpc) is 3.28. The first kappa shape index (κ1) is 16.8. The van der Waals surface area contributed by atoms with E-state index in [2.05, 4.69) is 10.0 Å². The third-order valence-corrected chi connectivity index (χ3v) is 6.31. The Kier molecular flexibility index (Phi) is 5.35. The molecule has 0 aromatic heterocycles. The normalized spacial score (nSPS) is 16.1. The van der Waals surface area contributed by atoms with Crippen molar-refractivity contribution in [3.8, 4) is 0 Å². The molecule has 0 aliphatic heterocycles. The number of thioether (sulfide) groups is 1. The number of rotatable bonds is 8. The van der Waals surface area contributed by atoms with Gasteiger partial charge in [0, 0.05) is 23.9 Å². The van der Waals surface area contributed by atoms with Crippen LogP contribution in [0.5, 0.6) is 0 Å². The van der Waals surface area contributed by atoms with Crippen molar-refractivity contribution >= 4 is 21.8 Å². The molecule has 2 rings (SSSR count). The van der Waals surface area contributed by atoms with E-state index in [4.69, 9.17) is 0 Å². The Balaban J connectivity index is 1.95. The second kappa shape index (κ2) is 6.69. The van der Waals surface area contributed by atoms with E-state index in [9.17, 15) is 8.42 Å². The number of hydrogen-bond acceptors (Lipinski definition) is 4. The molecular weight excluding hydrogens is 304 g/mol. The summed E-state index contributed by atoms with van der Waals surface area (Å²) in [7, 11) is -3.42. The number of sulfonamides is 1. The van der Waals surface area contributed by atoms with Crippen LogP contribution >= 0.6 is 11.8 Å². The van der Waals surface area contributed by atoms with Gasteiger partial charge in [-0.15, -0.1) is 0 Å². The van der Waals surface area contributed by atoms with Crippen LogP contribution in [-0.2, 0) is 16.6 Å². The number of nitrogens with one attached hydrogen (secondary N) is 2. The van der Waals surface area contributed by atoms with Crippen molar-refractivity contribution < 1.29 is 8.42 Å². The SMILES string of the molecule is CSC(C)(C)CNS(=O)(=O)c1ccc(CNC2CC2)cc1. The maximum absolute atomic E-state index is 12.2. The van der Waals surface area contributed by atoms with Crippen LogP contribution in [0.2, 0.25) is 0 Å². The minimum absolute atomic E-state index is 0.110. The average molecular weight is 329 g/mol. The quantitative estimate of drug-likeness (QED) is 0.769. The van der Waals surface area contributed by atoms with E-state index in [0.29, 0.717) is 17.5 Å². The van der Waals surface area contributed by atoms with Gasteiger partial charge in [0.15, 0.2) is 0 Å². The van der Waals surface area contributed by atoms with E-state index in [0.717, 1.165) is 12.1 Å². The molecule has 1 aliphatic rings. The van der Waals surface area contributed by atoms with Crippen LogP contribution in [0.4, 0.5) is 0 Å². The molecule has 118 valence electrons. The van der Waals surface area contributed by atoms with Crippen LogP contribution in [0, 0.1) is 0 Å². The van der Waals surface area contributed by atoms with Crippen molar-refractivity contribution in [2.45, 2.75) is 48.9 Å². The lowest BCUT2D eigenvalue weighted by Gasteiger charge is -2.22. The van der Waals surface area contributed by atoms with Gasteiger partial charge in [0.25, 0.3) is 0 Å². The molecule has 1 aromatic carbocycles. The summed E-state index contributed by atoms with van der Waals surface area (Å²) >= 11 is 1.65. The van der Waals surface area contributed by atoms with Gasteiger partial charge < -0.3 is 5.32 Å². The van der Waals surface area contributed by atoms with E-state index in [1.165, 1.54) is 12.8 Å². The molecule has 21 heavy (non-hydrogen) atoms. The van der Waals surface area contributed by atoms with Gasteiger partial charge >= 0.3 is 0 Å². The van der Waals surface area contributed by atoms with Crippen LogP contribution in [0.25, 0.3) is 0 Å². The van der Waals surface area contributed by atoms with Gasteiger partial charge in [-0.1, -0.05) is 12.1 Å². The maximum Gasteiger partial charge on any atom is 0.240 e. The van der Waals surface area contributed by atoms with E-state index in [1.807, 2.05) is 32.2 Å². The first-order valence-corrected chi connectivity index (χ1v) is 9.90. The molecule has 2 N–H and O–H groups in total. The predicted molar refractivity (Wildman–Crippen MR) is 89.1 cm³/mol. The van der Waals surface area contributed by atoms with Gasteiger partial charge in [-0.2, -0.15) is 11.8 Å². The van der Waals surface area contributed by atoms with Gasteiger partial charge in [-0.25, -0.2) is 13.1 Å². The molecule has 0 atom stereocenters. The Morgan fingerprint density at radius 1 is 1.24 bits per heavy atom. The van der Waals surface area contributed by atoms with E-state index in [-0.39, 0.29) is 4.75 Å². The fraction of sp³-hybridized carbons (Fsp3) is 0.600. The predicted octanol–water partition coefficient (Wildman–Crippen LogP) is 2.36. The van der Waals surface area contributed by atoms with Gasteiger partial charge in [-0.05, 0) is 50.6 Å². The largest absolute Gasteiger partial charge is 0.310 e. The molecular formula is C15H24N2O2S2. The van der Waals surface area contributed by atoms with Gasteiger partial charge in [-0.3, -0.25) is 0 Å². The zero-order chi connectivity index (χ0) is 15.5. The maximum atomic E-state index is 12.2. The van der Waals surface area contributed by atoms with Crippen molar-refractivity contribution in [1.82, 2.24) is 10.0 Å². The molecule has 0 unspecified atom stereocenters. The Morgan fingerprint density at radius 3 is 2.38 bits per heavy atom. The molecule has 1 fully saturated rings. The zero-order valence-electron chi connectivity index (χ0n) is 12.8. The number of benzene rings is 1. The topological polar surface area (TPSA) is 58.2 Å². The third kappa shape index (κ3) is 5.29. The number of hydrogen-bond donors (Lipinski definition) is 2. The molecule has 0 bridgehead atoms. The summed E-state index contributed by atoms with van der Waals surface area (Å²) in [5.41, 5.74) is 1.12. The molecule has 6 heteroatoms. The monoisotopic (exact) mass is 328 g/mol. The lowest BCUT2D eigenvalue weighted by molar-refractivity contribution is 0.570. The molecule has 0 heterocycles. The fourth-order valence-corrected chi connectivity index (χ4v) is 3.28. The summed E-state index contributed by atoms with van der Waals surface area (Å²) in [6.07, 6.45) is 4.49. The molecule has 0 radical (unpaired) electrons. The summed E-state index contributed by atoms with van der Waals surface area (Å²) in [4.78, 5) is 0.328. The molecule has 1 saturated carbocycles. The van der Waals surface area contributed by atoms with Gasteiger partial charge in [0.1, 0.15) is 0 Å². The van der Waals surface area contributed by atoms with E-state index >= 15 is 0 Å². The van der Waals surface area contributed by atoms with Crippen molar-refractivity contribution in [1.29, 1.82) is 0 Å². The first-order chi connectivity index (χ1) is 9.82. The summed E-state index contributed by atoms with van der Waals surface area (Å²) < 4.78 is 27.1. The fourth-order valence-electron chi connectivity index (χ4n) is 1.76. The zero-order valence-corrected chi connectivity index (χ0v) is 14.5. The lowest BCUT2D eigenvalue weighted by Crippen LogP contribution is -2.36. The van der Waals surface area contributed by atoms with Gasteiger partial charge in [0.05, 0.1) is 4.90 Å². The summed E-state index contributed by atoms with van der Waals surface area (Å²) in [5, 5.41) is 3.42. The smallest absolute Gasteiger partial charge is 0.240 e. The standard InChI is InChI=1S/C15H24N2O2S2/c1-15(2,20-3)11-17-21(18,19)14-8-4-12(5-9-14)10-16-13-6-7-13/h4-5,8-9,13,16-17H,6-7,10-11H2,1-3H3. The highest BCUT2D eigenvalue weighted by Crippen LogP contribution is 2.21. The van der Waals surface area contributed by atoms with Gasteiger partial charge in [0.2, 0.25) is 10.0 Å².